The molecule has 1 aliphatic rings. The average molecular weight is 401 g/mol. The molecule has 8 heteroatoms. The Kier molecular flexibility index (Phi) is 5.63. The van der Waals surface area contributed by atoms with E-state index in [0.29, 0.717) is 11.8 Å². The quantitative estimate of drug-likeness (QED) is 0.860. The molecule has 6 nitrogen and oxygen atoms in total. The molecule has 29 heavy (non-hydrogen) atoms. The van der Waals surface area contributed by atoms with Gasteiger partial charge in [0.2, 0.25) is 11.8 Å². The predicted octanol–water partition coefficient (Wildman–Crippen LogP) is 2.58. The van der Waals surface area contributed by atoms with Gasteiger partial charge in [-0.15, -0.1) is 0 Å². The number of hydrogen-bond donors (Lipinski definition) is 1. The van der Waals surface area contributed by atoms with E-state index in [2.05, 4.69) is 5.32 Å². The molecule has 2 aromatic carbocycles. The van der Waals surface area contributed by atoms with E-state index in [1.54, 1.807) is 32.3 Å². The summed E-state index contributed by atoms with van der Waals surface area (Å²) < 4.78 is 27.5. The molecule has 0 bridgehead atoms. The van der Waals surface area contributed by atoms with Crippen molar-refractivity contribution in [3.05, 3.63) is 64.7 Å². The number of nitrogens with one attached hydrogen (secondary N) is 1. The first-order valence-electron chi connectivity index (χ1n) is 9.04. The molecule has 0 aromatic heterocycles. The number of anilines is 1. The number of carbonyl (C=O) groups excluding carboxylic acids is 3. The van der Waals surface area contributed by atoms with Gasteiger partial charge >= 0.3 is 0 Å². The lowest BCUT2D eigenvalue weighted by atomic mass is 9.92. The number of rotatable bonds is 3. The SMILES string of the molecule is CC(=O)Nc1ccc2c(c1)CN(C(=O)c1ccc(F)cc1F)[C@@H](C(=O)N(C)C)C2. The van der Waals surface area contributed by atoms with E-state index in [9.17, 15) is 23.2 Å². The molecule has 1 aliphatic heterocycles. The standard InChI is InChI=1S/C21H21F2N3O3/c1-12(27)24-16-6-4-13-9-19(21(29)25(2)3)26(11-14(13)8-16)20(28)17-7-5-15(22)10-18(17)23/h4-8,10,19H,9,11H2,1-3H3,(H,24,27)/t19-/m1/s1. The zero-order valence-electron chi connectivity index (χ0n) is 16.3. The number of hydrogen-bond acceptors (Lipinski definition) is 3. The van der Waals surface area contributed by atoms with Crippen LogP contribution in [-0.4, -0.2) is 47.7 Å². The van der Waals surface area contributed by atoms with Crippen LogP contribution >= 0.6 is 0 Å². The highest BCUT2D eigenvalue weighted by molar-refractivity contribution is 5.98. The first kappa shape index (κ1) is 20.4. The highest BCUT2D eigenvalue weighted by Crippen LogP contribution is 2.29. The van der Waals surface area contributed by atoms with Crippen LogP contribution in [0.1, 0.15) is 28.4 Å². The number of nitrogens with zero attached hydrogens (tertiary/aromatic N) is 2. The lowest BCUT2D eigenvalue weighted by Crippen LogP contribution is -2.52. The molecule has 3 amide bonds. The fourth-order valence-electron chi connectivity index (χ4n) is 3.42. The van der Waals surface area contributed by atoms with Gasteiger partial charge in [-0.05, 0) is 35.4 Å². The summed E-state index contributed by atoms with van der Waals surface area (Å²) in [5.74, 6) is -2.99. The Balaban J connectivity index is 2.01. The summed E-state index contributed by atoms with van der Waals surface area (Å²) in [5.41, 5.74) is 1.87. The Bertz CT molecular complexity index is 991. The molecule has 0 radical (unpaired) electrons. The molecule has 2 aromatic rings. The zero-order chi connectivity index (χ0) is 21.3. The Morgan fingerprint density at radius 1 is 1.07 bits per heavy atom. The number of halogens is 2. The monoisotopic (exact) mass is 401 g/mol. The molecule has 0 aliphatic carbocycles. The summed E-state index contributed by atoms with van der Waals surface area (Å²) in [6, 6.07) is 7.17. The highest BCUT2D eigenvalue weighted by atomic mass is 19.1. The van der Waals surface area contributed by atoms with Gasteiger partial charge in [0.05, 0.1) is 5.56 Å². The molecule has 0 fully saturated rings. The third-order valence-electron chi connectivity index (χ3n) is 4.81. The normalized spacial score (nSPS) is 15.5. The van der Waals surface area contributed by atoms with Crippen molar-refractivity contribution in [1.29, 1.82) is 0 Å². The lowest BCUT2D eigenvalue weighted by Gasteiger charge is -2.37. The predicted molar refractivity (Wildman–Crippen MR) is 103 cm³/mol. The second-order valence-electron chi connectivity index (χ2n) is 7.17. The van der Waals surface area contributed by atoms with Crippen LogP contribution in [0.2, 0.25) is 0 Å². The lowest BCUT2D eigenvalue weighted by molar-refractivity contribution is -0.134. The Labute approximate surface area is 167 Å². The third kappa shape index (κ3) is 4.26. The second-order valence-corrected chi connectivity index (χ2v) is 7.17. The summed E-state index contributed by atoms with van der Waals surface area (Å²) >= 11 is 0. The molecule has 0 saturated carbocycles. The highest BCUT2D eigenvalue weighted by Gasteiger charge is 2.36. The van der Waals surface area contributed by atoms with Crippen LogP contribution in [-0.2, 0) is 22.6 Å². The van der Waals surface area contributed by atoms with Gasteiger partial charge in [0, 0.05) is 45.7 Å². The van der Waals surface area contributed by atoms with Gasteiger partial charge in [0.25, 0.3) is 5.91 Å². The Hall–Kier alpha value is -3.29. The minimum Gasteiger partial charge on any atom is -0.347 e. The van der Waals surface area contributed by atoms with Crippen molar-refractivity contribution in [1.82, 2.24) is 9.80 Å². The smallest absolute Gasteiger partial charge is 0.257 e. The van der Waals surface area contributed by atoms with E-state index in [1.807, 2.05) is 0 Å². The molecular weight excluding hydrogens is 380 g/mol. The zero-order valence-corrected chi connectivity index (χ0v) is 16.3. The van der Waals surface area contributed by atoms with Gasteiger partial charge < -0.3 is 15.1 Å². The fraction of sp³-hybridized carbons (Fsp3) is 0.286. The van der Waals surface area contributed by atoms with Crippen LogP contribution in [0.3, 0.4) is 0 Å². The van der Waals surface area contributed by atoms with Crippen molar-refractivity contribution < 1.29 is 23.2 Å². The Morgan fingerprint density at radius 3 is 2.41 bits per heavy atom. The largest absolute Gasteiger partial charge is 0.347 e. The van der Waals surface area contributed by atoms with Crippen LogP contribution in [0.5, 0.6) is 0 Å². The van der Waals surface area contributed by atoms with E-state index >= 15 is 0 Å². The summed E-state index contributed by atoms with van der Waals surface area (Å²) in [6.07, 6.45) is 0.251. The molecule has 1 N–H and O–H groups in total. The van der Waals surface area contributed by atoms with E-state index in [0.717, 1.165) is 23.3 Å². The third-order valence-corrected chi connectivity index (χ3v) is 4.81. The second kappa shape index (κ2) is 7.98. The summed E-state index contributed by atoms with van der Waals surface area (Å²) in [4.78, 5) is 39.8. The van der Waals surface area contributed by atoms with Gasteiger partial charge in [-0.3, -0.25) is 14.4 Å². The van der Waals surface area contributed by atoms with Gasteiger partial charge in [-0.2, -0.15) is 0 Å². The maximum Gasteiger partial charge on any atom is 0.257 e. The van der Waals surface area contributed by atoms with Gasteiger partial charge in [0.15, 0.2) is 0 Å². The molecular formula is C21H21F2N3O3. The molecule has 0 spiro atoms. The van der Waals surface area contributed by atoms with E-state index < -0.39 is 23.6 Å². The minimum absolute atomic E-state index is 0.0582. The van der Waals surface area contributed by atoms with E-state index in [4.69, 9.17) is 0 Å². The van der Waals surface area contributed by atoms with E-state index in [1.165, 1.54) is 16.7 Å². The summed E-state index contributed by atoms with van der Waals surface area (Å²) in [5, 5.41) is 2.68. The van der Waals surface area contributed by atoms with E-state index in [-0.39, 0.29) is 30.3 Å². The molecule has 0 unspecified atom stereocenters. The number of benzene rings is 2. The number of fused-ring (bicyclic) bond motifs is 1. The molecule has 152 valence electrons. The topological polar surface area (TPSA) is 69.7 Å². The first-order chi connectivity index (χ1) is 13.7. The number of carbonyl (C=O) groups is 3. The van der Waals surface area contributed by atoms with Crippen LogP contribution in [0.25, 0.3) is 0 Å². The van der Waals surface area contributed by atoms with Crippen molar-refractivity contribution in [3.8, 4) is 0 Å². The molecule has 0 saturated heterocycles. The van der Waals surface area contributed by atoms with Crippen molar-refractivity contribution >= 4 is 23.4 Å². The molecule has 1 heterocycles. The fourth-order valence-corrected chi connectivity index (χ4v) is 3.42. The number of amides is 3. The van der Waals surface area contributed by atoms with Crippen LogP contribution in [0.15, 0.2) is 36.4 Å². The summed E-state index contributed by atoms with van der Waals surface area (Å²) in [7, 11) is 3.16. The Morgan fingerprint density at radius 2 is 1.79 bits per heavy atom. The first-order valence-corrected chi connectivity index (χ1v) is 9.04. The molecule has 1 atom stereocenters. The van der Waals surface area contributed by atoms with Gasteiger partial charge in [0.1, 0.15) is 17.7 Å². The van der Waals surface area contributed by atoms with Crippen molar-refractivity contribution in [2.24, 2.45) is 0 Å². The van der Waals surface area contributed by atoms with Gasteiger partial charge in [-0.25, -0.2) is 8.78 Å². The average Bonchev–Trinajstić information content (AvgIpc) is 2.65. The van der Waals surface area contributed by atoms with Crippen molar-refractivity contribution in [3.63, 3.8) is 0 Å². The van der Waals surface area contributed by atoms with Gasteiger partial charge in [-0.1, -0.05) is 6.07 Å². The van der Waals surface area contributed by atoms with Crippen LogP contribution in [0, 0.1) is 11.6 Å². The van der Waals surface area contributed by atoms with Crippen molar-refractivity contribution in [2.45, 2.75) is 25.9 Å². The van der Waals surface area contributed by atoms with Crippen LogP contribution in [0.4, 0.5) is 14.5 Å². The summed E-state index contributed by atoms with van der Waals surface area (Å²) in [6.45, 7) is 1.45. The van der Waals surface area contributed by atoms with Crippen molar-refractivity contribution in [2.75, 3.05) is 19.4 Å². The minimum atomic E-state index is -0.983. The maximum absolute atomic E-state index is 14.2. The maximum atomic E-state index is 14.2. The number of likely N-dealkylation sites (N-methyl/N-ethyl adjacent to an activating group) is 1. The molecule has 3 rings (SSSR count). The van der Waals surface area contributed by atoms with Crippen LogP contribution < -0.4 is 5.32 Å².